The molecule has 0 amide bonds. The Morgan fingerprint density at radius 1 is 1.07 bits per heavy atom. The molecule has 2 aromatic carbocycles. The molecule has 0 atom stereocenters. The molecule has 6 nitrogen and oxygen atoms in total. The Morgan fingerprint density at radius 2 is 1.80 bits per heavy atom. The van der Waals surface area contributed by atoms with Gasteiger partial charge in [-0.25, -0.2) is 13.4 Å². The van der Waals surface area contributed by atoms with Crippen molar-refractivity contribution in [2.24, 2.45) is 5.10 Å². The summed E-state index contributed by atoms with van der Waals surface area (Å²) in [5.74, 6) is 0. The summed E-state index contributed by atoms with van der Waals surface area (Å²) in [6, 6.07) is 16.8. The van der Waals surface area contributed by atoms with Crippen molar-refractivity contribution in [3.05, 3.63) is 65.5 Å². The summed E-state index contributed by atoms with van der Waals surface area (Å²) in [4.78, 5) is 4.84. The molecular formula is C22H26N4O2S2. The molecular weight excluding hydrogens is 416 g/mol. The standard InChI is InChI=1S/C22H26N4O2S2/c1-3-13-26(14-4-2)30(27,28)20-12-8-11-19(15-20)21-17-29-22(24-21)25-23-16-18-9-6-5-7-10-18/h5-12,15-17H,3-4,13-14H2,1-2H3,(H,24,25)/b23-16+. The third kappa shape index (κ3) is 5.53. The molecule has 0 radical (unpaired) electrons. The van der Waals surface area contributed by atoms with Crippen molar-refractivity contribution in [1.29, 1.82) is 0 Å². The van der Waals surface area contributed by atoms with Gasteiger partial charge in [0.2, 0.25) is 15.2 Å². The van der Waals surface area contributed by atoms with Crippen molar-refractivity contribution in [3.63, 3.8) is 0 Å². The molecule has 1 N–H and O–H groups in total. The minimum Gasteiger partial charge on any atom is -0.253 e. The number of anilines is 1. The van der Waals surface area contributed by atoms with Gasteiger partial charge in [0.1, 0.15) is 0 Å². The first-order chi connectivity index (χ1) is 14.5. The number of hydrogen-bond acceptors (Lipinski definition) is 6. The number of aromatic nitrogens is 1. The second kappa shape index (κ2) is 10.5. The van der Waals surface area contributed by atoms with E-state index in [1.54, 1.807) is 28.7 Å². The highest BCUT2D eigenvalue weighted by Crippen LogP contribution is 2.27. The predicted octanol–water partition coefficient (Wildman–Crippen LogP) is 5.07. The molecule has 0 fully saturated rings. The summed E-state index contributed by atoms with van der Waals surface area (Å²) in [5.41, 5.74) is 5.40. The van der Waals surface area contributed by atoms with Crippen LogP contribution in [0.5, 0.6) is 0 Å². The van der Waals surface area contributed by atoms with E-state index >= 15 is 0 Å². The number of nitrogens with one attached hydrogen (secondary N) is 1. The lowest BCUT2D eigenvalue weighted by Crippen LogP contribution is -2.32. The van der Waals surface area contributed by atoms with E-state index in [0.717, 1.165) is 24.0 Å². The van der Waals surface area contributed by atoms with E-state index in [1.807, 2.05) is 55.6 Å². The first-order valence-electron chi connectivity index (χ1n) is 9.94. The Labute approximate surface area is 182 Å². The van der Waals surface area contributed by atoms with Crippen LogP contribution in [0, 0.1) is 0 Å². The maximum absolute atomic E-state index is 13.1. The average Bonchev–Trinajstić information content (AvgIpc) is 3.23. The Morgan fingerprint density at radius 3 is 2.50 bits per heavy atom. The van der Waals surface area contributed by atoms with Crippen LogP contribution in [-0.4, -0.2) is 37.0 Å². The van der Waals surface area contributed by atoms with Crippen molar-refractivity contribution in [2.75, 3.05) is 18.5 Å². The van der Waals surface area contributed by atoms with Gasteiger partial charge in [-0.15, -0.1) is 11.3 Å². The van der Waals surface area contributed by atoms with Crippen molar-refractivity contribution in [2.45, 2.75) is 31.6 Å². The zero-order valence-electron chi connectivity index (χ0n) is 17.2. The Bertz CT molecular complexity index is 1070. The van der Waals surface area contributed by atoms with Gasteiger partial charge in [-0.1, -0.05) is 56.3 Å². The SMILES string of the molecule is CCCN(CCC)S(=O)(=O)c1cccc(-c2csc(N/N=C/c3ccccc3)n2)c1. The molecule has 0 saturated carbocycles. The van der Waals surface area contributed by atoms with Crippen LogP contribution in [0.15, 0.2) is 70.0 Å². The van der Waals surface area contributed by atoms with Crippen LogP contribution in [0.3, 0.4) is 0 Å². The molecule has 3 rings (SSSR count). The Kier molecular flexibility index (Phi) is 7.73. The van der Waals surface area contributed by atoms with Crippen LogP contribution in [0.25, 0.3) is 11.3 Å². The molecule has 0 bridgehead atoms. The van der Waals surface area contributed by atoms with Gasteiger partial charge in [0.25, 0.3) is 0 Å². The normalized spacial score (nSPS) is 12.0. The molecule has 0 aliphatic carbocycles. The molecule has 0 aliphatic heterocycles. The van der Waals surface area contributed by atoms with Gasteiger partial charge in [-0.05, 0) is 30.5 Å². The summed E-state index contributed by atoms with van der Waals surface area (Å²) < 4.78 is 27.7. The van der Waals surface area contributed by atoms with E-state index in [0.29, 0.717) is 28.8 Å². The fourth-order valence-corrected chi connectivity index (χ4v) is 5.31. The molecule has 0 spiro atoms. The van der Waals surface area contributed by atoms with Gasteiger partial charge < -0.3 is 0 Å². The van der Waals surface area contributed by atoms with E-state index < -0.39 is 10.0 Å². The second-order valence-corrected chi connectivity index (χ2v) is 9.55. The third-order valence-corrected chi connectivity index (χ3v) is 7.03. The van der Waals surface area contributed by atoms with Crippen LogP contribution in [0.4, 0.5) is 5.13 Å². The van der Waals surface area contributed by atoms with E-state index in [9.17, 15) is 8.42 Å². The lowest BCUT2D eigenvalue weighted by atomic mass is 10.2. The summed E-state index contributed by atoms with van der Waals surface area (Å²) in [7, 11) is -3.52. The summed E-state index contributed by atoms with van der Waals surface area (Å²) in [6.07, 6.45) is 3.29. The lowest BCUT2D eigenvalue weighted by Gasteiger charge is -2.21. The zero-order valence-corrected chi connectivity index (χ0v) is 18.8. The van der Waals surface area contributed by atoms with E-state index in [1.165, 1.54) is 11.3 Å². The molecule has 30 heavy (non-hydrogen) atoms. The molecule has 158 valence electrons. The van der Waals surface area contributed by atoms with Crippen LogP contribution in [-0.2, 0) is 10.0 Å². The quantitative estimate of drug-likeness (QED) is 0.351. The molecule has 0 aliphatic rings. The number of rotatable bonds is 10. The van der Waals surface area contributed by atoms with Crippen molar-refractivity contribution < 1.29 is 8.42 Å². The van der Waals surface area contributed by atoms with Gasteiger partial charge >= 0.3 is 0 Å². The molecule has 1 heterocycles. The first kappa shape index (κ1) is 22.1. The van der Waals surface area contributed by atoms with Crippen LogP contribution in [0.2, 0.25) is 0 Å². The lowest BCUT2D eigenvalue weighted by molar-refractivity contribution is 0.410. The summed E-state index contributed by atoms with van der Waals surface area (Å²) >= 11 is 1.42. The molecule has 0 unspecified atom stereocenters. The largest absolute Gasteiger partial charge is 0.253 e. The van der Waals surface area contributed by atoms with Crippen LogP contribution in [0.1, 0.15) is 32.3 Å². The van der Waals surface area contributed by atoms with Gasteiger partial charge in [-0.3, -0.25) is 5.43 Å². The minimum absolute atomic E-state index is 0.298. The van der Waals surface area contributed by atoms with E-state index in [4.69, 9.17) is 0 Å². The van der Waals surface area contributed by atoms with Crippen molar-refractivity contribution in [1.82, 2.24) is 9.29 Å². The number of hydrogen-bond donors (Lipinski definition) is 1. The molecule has 3 aromatic rings. The molecule has 8 heteroatoms. The number of thiazole rings is 1. The number of sulfonamides is 1. The van der Waals surface area contributed by atoms with Crippen LogP contribution >= 0.6 is 11.3 Å². The fourth-order valence-electron chi connectivity index (χ4n) is 2.97. The molecule has 1 aromatic heterocycles. The average molecular weight is 443 g/mol. The Hall–Kier alpha value is -2.55. The van der Waals surface area contributed by atoms with Crippen LogP contribution < -0.4 is 5.43 Å². The number of benzene rings is 2. The first-order valence-corrected chi connectivity index (χ1v) is 12.3. The molecule has 0 saturated heterocycles. The van der Waals surface area contributed by atoms with Crippen molar-refractivity contribution in [3.8, 4) is 11.3 Å². The fraction of sp³-hybridized carbons (Fsp3) is 0.273. The maximum Gasteiger partial charge on any atom is 0.243 e. The predicted molar refractivity (Wildman–Crippen MR) is 125 cm³/mol. The van der Waals surface area contributed by atoms with Gasteiger partial charge in [0, 0.05) is 24.0 Å². The minimum atomic E-state index is -3.52. The topological polar surface area (TPSA) is 74.7 Å². The summed E-state index contributed by atoms with van der Waals surface area (Å²) in [6.45, 7) is 5.01. The third-order valence-electron chi connectivity index (χ3n) is 4.39. The second-order valence-electron chi connectivity index (χ2n) is 6.75. The highest BCUT2D eigenvalue weighted by molar-refractivity contribution is 7.89. The van der Waals surface area contributed by atoms with Crippen molar-refractivity contribution >= 4 is 32.7 Å². The van der Waals surface area contributed by atoms with Gasteiger partial charge in [0.05, 0.1) is 16.8 Å². The Balaban J connectivity index is 1.77. The van der Waals surface area contributed by atoms with Gasteiger partial charge in [0.15, 0.2) is 0 Å². The monoisotopic (exact) mass is 442 g/mol. The van der Waals surface area contributed by atoms with E-state index in [-0.39, 0.29) is 0 Å². The zero-order chi connectivity index (χ0) is 21.4. The van der Waals surface area contributed by atoms with E-state index in [2.05, 4.69) is 15.5 Å². The smallest absolute Gasteiger partial charge is 0.243 e. The highest BCUT2D eigenvalue weighted by atomic mass is 32.2. The van der Waals surface area contributed by atoms with Gasteiger partial charge in [-0.2, -0.15) is 9.41 Å². The maximum atomic E-state index is 13.1. The highest BCUT2D eigenvalue weighted by Gasteiger charge is 2.23. The number of nitrogens with zero attached hydrogens (tertiary/aromatic N) is 3. The summed E-state index contributed by atoms with van der Waals surface area (Å²) in [5, 5.41) is 6.74. The number of hydrazone groups is 1.